The van der Waals surface area contributed by atoms with Gasteiger partial charge < -0.3 is 41.7 Å². The molecule has 0 atom stereocenters. The predicted molar refractivity (Wildman–Crippen MR) is 137 cm³/mol. The van der Waals surface area contributed by atoms with Crippen LogP contribution in [0.4, 0.5) is 5.69 Å². The minimum Gasteiger partial charge on any atom is -0.493 e. The number of ether oxygens (including phenoxy) is 6. The van der Waals surface area contributed by atoms with Crippen LogP contribution >= 0.6 is 0 Å². The molecule has 0 unspecified atom stereocenters. The highest BCUT2D eigenvalue weighted by Crippen LogP contribution is 2.33. The van der Waals surface area contributed by atoms with Crippen LogP contribution in [0.15, 0.2) is 22.3 Å². The molecule has 0 aliphatic heterocycles. The lowest BCUT2D eigenvalue weighted by molar-refractivity contribution is -0.00124. The standard InChI is InChI=1S/C23H40N2O10Si/c1-27-22-17-20(21(25-26)18-23(22)28-2)19-24-7-9-33-11-13-35-15-14-34-12-10-32-8-6-16-36(29-3,30-4)31-5/h17-19H,6-16H2,1-5H3. The van der Waals surface area contributed by atoms with E-state index in [9.17, 15) is 4.91 Å². The number of benzene rings is 1. The molecule has 0 N–H and O–H groups in total. The second-order valence-corrected chi connectivity index (χ2v) is 10.3. The monoisotopic (exact) mass is 532 g/mol. The summed E-state index contributed by atoms with van der Waals surface area (Å²) in [5.74, 6) is 0.930. The van der Waals surface area contributed by atoms with Crippen molar-refractivity contribution in [2.24, 2.45) is 10.2 Å². The minimum atomic E-state index is -2.52. The van der Waals surface area contributed by atoms with E-state index >= 15 is 0 Å². The van der Waals surface area contributed by atoms with E-state index in [4.69, 9.17) is 41.7 Å². The molecule has 1 aromatic rings. The van der Waals surface area contributed by atoms with Crippen molar-refractivity contribution in [1.82, 2.24) is 0 Å². The predicted octanol–water partition coefficient (Wildman–Crippen LogP) is 2.86. The first kappa shape index (κ1) is 32.1. The van der Waals surface area contributed by atoms with Gasteiger partial charge in [0.25, 0.3) is 0 Å². The van der Waals surface area contributed by atoms with Crippen molar-refractivity contribution in [3.05, 3.63) is 22.6 Å². The molecule has 0 aliphatic carbocycles. The van der Waals surface area contributed by atoms with Crippen LogP contribution in [0, 0.1) is 4.91 Å². The van der Waals surface area contributed by atoms with Crippen molar-refractivity contribution in [2.45, 2.75) is 12.5 Å². The van der Waals surface area contributed by atoms with Crippen molar-refractivity contribution >= 4 is 20.7 Å². The minimum absolute atomic E-state index is 0.225. The van der Waals surface area contributed by atoms with Gasteiger partial charge in [0.15, 0.2) is 11.5 Å². The van der Waals surface area contributed by atoms with Gasteiger partial charge in [0, 0.05) is 51.8 Å². The molecule has 0 radical (unpaired) electrons. The van der Waals surface area contributed by atoms with E-state index in [1.165, 1.54) is 20.3 Å². The maximum absolute atomic E-state index is 11.1. The molecule has 12 nitrogen and oxygen atoms in total. The van der Waals surface area contributed by atoms with Gasteiger partial charge in [0.05, 0.1) is 67.0 Å². The topological polar surface area (TPSA) is 125 Å². The van der Waals surface area contributed by atoms with Crippen LogP contribution in [0.5, 0.6) is 11.5 Å². The fourth-order valence-electron chi connectivity index (χ4n) is 3.06. The molecule has 206 valence electrons. The van der Waals surface area contributed by atoms with Crippen LogP contribution in [-0.2, 0) is 32.2 Å². The van der Waals surface area contributed by atoms with Gasteiger partial charge in [-0.1, -0.05) is 0 Å². The smallest absolute Gasteiger partial charge is 0.493 e. The Morgan fingerprint density at radius 3 is 1.72 bits per heavy atom. The highest BCUT2D eigenvalue weighted by molar-refractivity contribution is 6.60. The first-order valence-corrected chi connectivity index (χ1v) is 13.6. The van der Waals surface area contributed by atoms with Crippen LogP contribution < -0.4 is 9.47 Å². The van der Waals surface area contributed by atoms with Gasteiger partial charge in [-0.3, -0.25) is 4.99 Å². The summed E-state index contributed by atoms with van der Waals surface area (Å²) in [4.78, 5) is 15.3. The molecule has 0 saturated carbocycles. The second kappa shape index (κ2) is 20.1. The number of hydrogen-bond acceptors (Lipinski definition) is 12. The van der Waals surface area contributed by atoms with Gasteiger partial charge in [-0.05, 0) is 17.7 Å². The Balaban J connectivity index is 2.01. The van der Waals surface area contributed by atoms with Crippen molar-refractivity contribution in [2.75, 3.05) is 94.9 Å². The molecular formula is C23H40N2O10Si. The summed E-state index contributed by atoms with van der Waals surface area (Å²) in [7, 11) is 5.30. The van der Waals surface area contributed by atoms with Gasteiger partial charge in [-0.25, -0.2) is 0 Å². The van der Waals surface area contributed by atoms with Gasteiger partial charge in [-0.2, -0.15) is 0 Å². The largest absolute Gasteiger partial charge is 0.500 e. The Bertz CT molecular complexity index is 742. The summed E-state index contributed by atoms with van der Waals surface area (Å²) in [6.45, 7) is 4.34. The molecule has 1 rings (SSSR count). The molecule has 0 bridgehead atoms. The zero-order valence-corrected chi connectivity index (χ0v) is 23.0. The number of rotatable bonds is 23. The third-order valence-corrected chi connectivity index (χ3v) is 7.88. The quantitative estimate of drug-likeness (QED) is 0.0899. The van der Waals surface area contributed by atoms with E-state index in [1.54, 1.807) is 33.6 Å². The fourth-order valence-corrected chi connectivity index (χ4v) is 4.75. The van der Waals surface area contributed by atoms with E-state index in [0.29, 0.717) is 82.5 Å². The highest BCUT2D eigenvalue weighted by Gasteiger charge is 2.36. The summed E-state index contributed by atoms with van der Waals surface area (Å²) in [6, 6.07) is 3.87. The Hall–Kier alpha value is -1.97. The van der Waals surface area contributed by atoms with E-state index in [1.807, 2.05) is 0 Å². The highest BCUT2D eigenvalue weighted by atomic mass is 28.4. The van der Waals surface area contributed by atoms with Crippen molar-refractivity contribution in [1.29, 1.82) is 0 Å². The van der Waals surface area contributed by atoms with Crippen molar-refractivity contribution in [3.63, 3.8) is 0 Å². The van der Waals surface area contributed by atoms with E-state index in [2.05, 4.69) is 10.2 Å². The molecule has 0 heterocycles. The lowest BCUT2D eigenvalue weighted by atomic mass is 10.1. The third-order valence-electron chi connectivity index (χ3n) is 5.05. The van der Waals surface area contributed by atoms with Gasteiger partial charge in [-0.15, -0.1) is 4.91 Å². The van der Waals surface area contributed by atoms with Crippen molar-refractivity contribution < 1.29 is 41.7 Å². The zero-order chi connectivity index (χ0) is 26.5. The first-order chi connectivity index (χ1) is 17.6. The number of hydrogen-bond donors (Lipinski definition) is 0. The summed E-state index contributed by atoms with van der Waals surface area (Å²) in [5, 5.41) is 3.01. The summed E-state index contributed by atoms with van der Waals surface area (Å²) < 4.78 is 48.5. The Labute approximate surface area is 214 Å². The zero-order valence-electron chi connectivity index (χ0n) is 22.0. The van der Waals surface area contributed by atoms with E-state index in [0.717, 1.165) is 6.42 Å². The molecular weight excluding hydrogens is 492 g/mol. The van der Waals surface area contributed by atoms with Crippen LogP contribution in [-0.4, -0.2) is 110 Å². The van der Waals surface area contributed by atoms with Crippen LogP contribution in [0.3, 0.4) is 0 Å². The molecule has 0 aliphatic rings. The maximum atomic E-state index is 11.1. The molecule has 0 aromatic heterocycles. The molecule has 0 fully saturated rings. The normalized spacial score (nSPS) is 11.8. The number of methoxy groups -OCH3 is 2. The Kier molecular flexibility index (Phi) is 17.9. The van der Waals surface area contributed by atoms with Crippen LogP contribution in [0.25, 0.3) is 0 Å². The van der Waals surface area contributed by atoms with Crippen molar-refractivity contribution in [3.8, 4) is 11.5 Å². The molecule has 0 spiro atoms. The fraction of sp³-hybridized carbons (Fsp3) is 0.696. The van der Waals surface area contributed by atoms with Gasteiger partial charge in [0.1, 0.15) is 5.69 Å². The molecule has 1 aromatic carbocycles. The first-order valence-electron chi connectivity index (χ1n) is 11.6. The summed E-state index contributed by atoms with van der Waals surface area (Å²) >= 11 is 0. The van der Waals surface area contributed by atoms with Gasteiger partial charge in [0.2, 0.25) is 0 Å². The van der Waals surface area contributed by atoms with E-state index in [-0.39, 0.29) is 5.69 Å². The number of nitroso groups, excluding NO2 is 1. The average Bonchev–Trinajstić information content (AvgIpc) is 2.92. The van der Waals surface area contributed by atoms with Gasteiger partial charge >= 0.3 is 8.80 Å². The Morgan fingerprint density at radius 2 is 1.22 bits per heavy atom. The SMILES string of the molecule is COc1cc(C=NCCOCCOCCOCCOCCC[Si](OC)(OC)OC)c(N=O)cc1OC. The Morgan fingerprint density at radius 1 is 0.722 bits per heavy atom. The number of nitrogens with zero attached hydrogens (tertiary/aromatic N) is 2. The van der Waals surface area contributed by atoms with E-state index < -0.39 is 8.80 Å². The van der Waals surface area contributed by atoms with Crippen LogP contribution in [0.1, 0.15) is 12.0 Å². The molecule has 13 heteroatoms. The lowest BCUT2D eigenvalue weighted by Gasteiger charge is -2.24. The third kappa shape index (κ3) is 12.3. The lowest BCUT2D eigenvalue weighted by Crippen LogP contribution is -2.42. The molecule has 36 heavy (non-hydrogen) atoms. The molecule has 0 amide bonds. The molecule has 0 saturated heterocycles. The summed E-state index contributed by atoms with van der Waals surface area (Å²) in [5.41, 5.74) is 0.770. The van der Waals surface area contributed by atoms with Crippen LogP contribution in [0.2, 0.25) is 6.04 Å². The maximum Gasteiger partial charge on any atom is 0.500 e. The second-order valence-electron chi connectivity index (χ2n) is 7.24. The average molecular weight is 533 g/mol. The number of aliphatic imine (C=N–C) groups is 1. The summed E-state index contributed by atoms with van der Waals surface area (Å²) in [6.07, 6.45) is 2.36.